The topological polar surface area (TPSA) is 75.6 Å². The third kappa shape index (κ3) is 4.28. The molecule has 1 unspecified atom stereocenters. The first-order chi connectivity index (χ1) is 9.31. The standard InChI is InChI=1S/C14H23NO4S/c1-10-7-13(9-16)8-14(12(10)3)20(17,18)15-11(2)5-6-19-4/h7-8,11,15-16H,5-6,9H2,1-4H3. The van der Waals surface area contributed by atoms with Gasteiger partial charge in [-0.25, -0.2) is 13.1 Å². The Hall–Kier alpha value is -0.950. The van der Waals surface area contributed by atoms with E-state index in [2.05, 4.69) is 4.72 Å². The largest absolute Gasteiger partial charge is 0.392 e. The van der Waals surface area contributed by atoms with E-state index < -0.39 is 10.0 Å². The van der Waals surface area contributed by atoms with Crippen LogP contribution in [0.1, 0.15) is 30.0 Å². The zero-order chi connectivity index (χ0) is 15.3. The first-order valence-electron chi connectivity index (χ1n) is 6.54. The molecule has 1 atom stereocenters. The maximum Gasteiger partial charge on any atom is 0.241 e. The van der Waals surface area contributed by atoms with Gasteiger partial charge < -0.3 is 9.84 Å². The molecule has 2 N–H and O–H groups in total. The lowest BCUT2D eigenvalue weighted by Crippen LogP contribution is -2.34. The number of hydrogen-bond acceptors (Lipinski definition) is 4. The molecule has 1 aromatic carbocycles. The Morgan fingerprint density at radius 3 is 2.55 bits per heavy atom. The maximum atomic E-state index is 12.4. The Bertz CT molecular complexity index is 555. The summed E-state index contributed by atoms with van der Waals surface area (Å²) in [6.45, 7) is 5.72. The SMILES string of the molecule is COCCC(C)NS(=O)(=O)c1cc(CO)cc(C)c1C. The summed E-state index contributed by atoms with van der Waals surface area (Å²) in [6, 6.07) is 3.11. The molecule has 0 aliphatic rings. The lowest BCUT2D eigenvalue weighted by atomic mass is 10.1. The molecule has 5 nitrogen and oxygen atoms in total. The summed E-state index contributed by atoms with van der Waals surface area (Å²) >= 11 is 0. The second-order valence-corrected chi connectivity index (χ2v) is 6.68. The average Bonchev–Trinajstić information content (AvgIpc) is 2.38. The third-order valence-corrected chi connectivity index (χ3v) is 4.98. The summed E-state index contributed by atoms with van der Waals surface area (Å²) in [5, 5.41) is 9.21. The number of sulfonamides is 1. The van der Waals surface area contributed by atoms with Gasteiger partial charge in [0.1, 0.15) is 0 Å². The van der Waals surface area contributed by atoms with E-state index >= 15 is 0 Å². The molecule has 0 bridgehead atoms. The molecule has 0 aliphatic carbocycles. The van der Waals surface area contributed by atoms with Crippen molar-refractivity contribution in [2.45, 2.75) is 44.7 Å². The van der Waals surface area contributed by atoms with Crippen LogP contribution in [0.15, 0.2) is 17.0 Å². The van der Waals surface area contributed by atoms with Crippen molar-refractivity contribution in [2.75, 3.05) is 13.7 Å². The van der Waals surface area contributed by atoms with Crippen LogP contribution in [-0.4, -0.2) is 33.3 Å². The van der Waals surface area contributed by atoms with Crippen molar-refractivity contribution in [2.24, 2.45) is 0 Å². The van der Waals surface area contributed by atoms with Crippen molar-refractivity contribution in [1.29, 1.82) is 0 Å². The predicted octanol–water partition coefficient (Wildman–Crippen LogP) is 1.50. The highest BCUT2D eigenvalue weighted by molar-refractivity contribution is 7.89. The molecule has 0 spiro atoms. The van der Waals surface area contributed by atoms with Gasteiger partial charge in [-0.15, -0.1) is 0 Å². The van der Waals surface area contributed by atoms with Crippen molar-refractivity contribution in [3.8, 4) is 0 Å². The van der Waals surface area contributed by atoms with E-state index in [1.165, 1.54) is 6.07 Å². The van der Waals surface area contributed by atoms with Gasteiger partial charge in [-0.05, 0) is 49.9 Å². The van der Waals surface area contributed by atoms with Crippen LogP contribution in [-0.2, 0) is 21.4 Å². The molecule has 0 aliphatic heterocycles. The Kier molecular flexibility index (Phi) is 6.13. The van der Waals surface area contributed by atoms with Gasteiger partial charge in [0.25, 0.3) is 0 Å². The summed E-state index contributed by atoms with van der Waals surface area (Å²) in [5.41, 5.74) is 2.15. The molecule has 0 aromatic heterocycles. The monoisotopic (exact) mass is 301 g/mol. The lowest BCUT2D eigenvalue weighted by molar-refractivity contribution is 0.188. The van der Waals surface area contributed by atoms with Crippen LogP contribution in [0.4, 0.5) is 0 Å². The van der Waals surface area contributed by atoms with Gasteiger partial charge in [-0.1, -0.05) is 6.07 Å². The normalized spacial score (nSPS) is 13.4. The van der Waals surface area contributed by atoms with Gasteiger partial charge in [0.15, 0.2) is 0 Å². The molecular weight excluding hydrogens is 278 g/mol. The van der Waals surface area contributed by atoms with Crippen LogP contribution in [0.3, 0.4) is 0 Å². The van der Waals surface area contributed by atoms with E-state index in [1.54, 1.807) is 27.0 Å². The van der Waals surface area contributed by atoms with Gasteiger partial charge in [0.2, 0.25) is 10.0 Å². The van der Waals surface area contributed by atoms with Crippen LogP contribution in [0.2, 0.25) is 0 Å². The number of nitrogens with one attached hydrogen (secondary N) is 1. The third-order valence-electron chi connectivity index (χ3n) is 3.26. The molecular formula is C14H23NO4S. The quantitative estimate of drug-likeness (QED) is 0.800. The van der Waals surface area contributed by atoms with E-state index in [9.17, 15) is 13.5 Å². The number of aryl methyl sites for hydroxylation is 1. The summed E-state index contributed by atoms with van der Waals surface area (Å²) in [6.07, 6.45) is 0.605. The number of aliphatic hydroxyl groups is 1. The summed E-state index contributed by atoms with van der Waals surface area (Å²) < 4.78 is 32.4. The number of methoxy groups -OCH3 is 1. The van der Waals surface area contributed by atoms with Gasteiger partial charge in [-0.2, -0.15) is 0 Å². The van der Waals surface area contributed by atoms with Crippen LogP contribution >= 0.6 is 0 Å². The van der Waals surface area contributed by atoms with E-state index in [0.717, 1.165) is 5.56 Å². The summed E-state index contributed by atoms with van der Waals surface area (Å²) in [5.74, 6) is 0. The number of rotatable bonds is 7. The fourth-order valence-electron chi connectivity index (χ4n) is 1.95. The number of ether oxygens (including phenoxy) is 1. The Morgan fingerprint density at radius 1 is 1.35 bits per heavy atom. The molecule has 6 heteroatoms. The Morgan fingerprint density at radius 2 is 2.00 bits per heavy atom. The minimum Gasteiger partial charge on any atom is -0.392 e. The summed E-state index contributed by atoms with van der Waals surface area (Å²) in [4.78, 5) is 0.228. The number of aliphatic hydroxyl groups excluding tert-OH is 1. The Labute approximate surface area is 121 Å². The molecule has 20 heavy (non-hydrogen) atoms. The molecule has 1 rings (SSSR count). The smallest absolute Gasteiger partial charge is 0.241 e. The summed E-state index contributed by atoms with van der Waals surface area (Å²) in [7, 11) is -2.01. The molecule has 114 valence electrons. The zero-order valence-electron chi connectivity index (χ0n) is 12.4. The van der Waals surface area contributed by atoms with Gasteiger partial charge >= 0.3 is 0 Å². The molecule has 0 radical (unpaired) electrons. The highest BCUT2D eigenvalue weighted by Gasteiger charge is 2.21. The van der Waals surface area contributed by atoms with E-state index in [-0.39, 0.29) is 17.5 Å². The van der Waals surface area contributed by atoms with Gasteiger partial charge in [0.05, 0.1) is 11.5 Å². The minimum absolute atomic E-state index is 0.178. The zero-order valence-corrected chi connectivity index (χ0v) is 13.3. The second kappa shape index (κ2) is 7.17. The lowest BCUT2D eigenvalue weighted by Gasteiger charge is -2.17. The van der Waals surface area contributed by atoms with E-state index in [0.29, 0.717) is 24.2 Å². The molecule has 1 aromatic rings. The van der Waals surface area contributed by atoms with Crippen molar-refractivity contribution < 1.29 is 18.3 Å². The van der Waals surface area contributed by atoms with Crippen molar-refractivity contribution in [1.82, 2.24) is 4.72 Å². The second-order valence-electron chi connectivity index (χ2n) is 5.00. The molecule has 0 saturated heterocycles. The molecule has 0 heterocycles. The van der Waals surface area contributed by atoms with E-state index in [1.807, 2.05) is 6.92 Å². The van der Waals surface area contributed by atoms with E-state index in [4.69, 9.17) is 4.74 Å². The molecule has 0 saturated carbocycles. The number of benzene rings is 1. The molecule has 0 fully saturated rings. The van der Waals surface area contributed by atoms with Crippen molar-refractivity contribution >= 4 is 10.0 Å². The van der Waals surface area contributed by atoms with Crippen LogP contribution in [0.25, 0.3) is 0 Å². The Balaban J connectivity index is 3.06. The average molecular weight is 301 g/mol. The van der Waals surface area contributed by atoms with Crippen molar-refractivity contribution in [3.05, 3.63) is 28.8 Å². The predicted molar refractivity (Wildman–Crippen MR) is 78.1 cm³/mol. The van der Waals surface area contributed by atoms with Gasteiger partial charge in [0, 0.05) is 19.8 Å². The molecule has 0 amide bonds. The highest BCUT2D eigenvalue weighted by Crippen LogP contribution is 2.21. The highest BCUT2D eigenvalue weighted by atomic mass is 32.2. The minimum atomic E-state index is -3.59. The van der Waals surface area contributed by atoms with Crippen LogP contribution in [0, 0.1) is 13.8 Å². The van der Waals surface area contributed by atoms with Crippen molar-refractivity contribution in [3.63, 3.8) is 0 Å². The van der Waals surface area contributed by atoms with Gasteiger partial charge in [-0.3, -0.25) is 0 Å². The maximum absolute atomic E-state index is 12.4. The fraction of sp³-hybridized carbons (Fsp3) is 0.571. The fourth-order valence-corrected chi connectivity index (χ4v) is 3.60. The number of hydrogen-bond donors (Lipinski definition) is 2. The first-order valence-corrected chi connectivity index (χ1v) is 8.02. The first kappa shape index (κ1) is 17.1. The van der Waals surface area contributed by atoms with Crippen LogP contribution < -0.4 is 4.72 Å². The van der Waals surface area contributed by atoms with Crippen LogP contribution in [0.5, 0.6) is 0 Å².